The third kappa shape index (κ3) is 2.70. The minimum absolute atomic E-state index is 0.202. The predicted octanol–water partition coefficient (Wildman–Crippen LogP) is -0.157. The lowest BCUT2D eigenvalue weighted by Crippen LogP contribution is -2.31. The van der Waals surface area contributed by atoms with E-state index in [1.807, 2.05) is 0 Å². The summed E-state index contributed by atoms with van der Waals surface area (Å²) in [6, 6.07) is -0.338. The number of esters is 2. The van der Waals surface area contributed by atoms with E-state index in [0.717, 1.165) is 0 Å². The van der Waals surface area contributed by atoms with E-state index in [0.29, 0.717) is 19.4 Å². The molecule has 0 spiro atoms. The summed E-state index contributed by atoms with van der Waals surface area (Å²) in [6.07, 6.45) is 0.657. The van der Waals surface area contributed by atoms with Gasteiger partial charge in [0.15, 0.2) is 0 Å². The summed E-state index contributed by atoms with van der Waals surface area (Å²) in [4.78, 5) is 22.0. The van der Waals surface area contributed by atoms with Crippen LogP contribution in [-0.4, -0.2) is 37.7 Å². The highest BCUT2D eigenvalue weighted by Crippen LogP contribution is 2.12. The summed E-state index contributed by atoms with van der Waals surface area (Å²) >= 11 is 0. The highest BCUT2D eigenvalue weighted by atomic mass is 16.5. The monoisotopic (exact) mass is 201 g/mol. The Balaban J connectivity index is 2.34. The average Bonchev–Trinajstić information content (AvgIpc) is 2.65. The van der Waals surface area contributed by atoms with E-state index in [9.17, 15) is 9.59 Å². The molecule has 0 unspecified atom stereocenters. The smallest absolute Gasteiger partial charge is 0.323 e. The Hall–Kier alpha value is -1.10. The molecule has 5 heteroatoms. The molecule has 1 aliphatic heterocycles. The van der Waals surface area contributed by atoms with Crippen LogP contribution in [0.1, 0.15) is 19.8 Å². The van der Waals surface area contributed by atoms with Crippen molar-refractivity contribution in [2.24, 2.45) is 0 Å². The van der Waals surface area contributed by atoms with Gasteiger partial charge in [0.25, 0.3) is 0 Å². The molecule has 0 aromatic carbocycles. The van der Waals surface area contributed by atoms with Crippen LogP contribution < -0.4 is 5.32 Å². The molecule has 1 aliphatic rings. The van der Waals surface area contributed by atoms with Gasteiger partial charge in [-0.1, -0.05) is 6.92 Å². The van der Waals surface area contributed by atoms with Gasteiger partial charge in [0.05, 0.1) is 7.11 Å². The number of ether oxygens (including phenoxy) is 2. The third-order valence-electron chi connectivity index (χ3n) is 2.16. The lowest BCUT2D eigenvalue weighted by atomic mass is 10.2. The molecule has 2 atom stereocenters. The van der Waals surface area contributed by atoms with Crippen LogP contribution in [0.5, 0.6) is 0 Å². The Labute approximate surface area is 82.8 Å². The minimum Gasteiger partial charge on any atom is -0.468 e. The minimum atomic E-state index is -0.338. The second kappa shape index (κ2) is 4.95. The van der Waals surface area contributed by atoms with Crippen molar-refractivity contribution < 1.29 is 19.1 Å². The van der Waals surface area contributed by atoms with Crippen molar-refractivity contribution in [3.8, 4) is 0 Å². The normalized spacial score (nSPS) is 25.9. The number of carbonyl (C=O) groups is 2. The zero-order chi connectivity index (χ0) is 10.6. The number of hydrogen-bond acceptors (Lipinski definition) is 5. The fourth-order valence-electron chi connectivity index (χ4n) is 1.38. The van der Waals surface area contributed by atoms with E-state index in [-0.39, 0.29) is 24.1 Å². The summed E-state index contributed by atoms with van der Waals surface area (Å²) in [5.74, 6) is -0.539. The summed E-state index contributed by atoms with van der Waals surface area (Å²) in [7, 11) is 1.34. The van der Waals surface area contributed by atoms with E-state index in [1.54, 1.807) is 6.92 Å². The van der Waals surface area contributed by atoms with Crippen LogP contribution in [0.2, 0.25) is 0 Å². The van der Waals surface area contributed by atoms with Crippen LogP contribution in [0.3, 0.4) is 0 Å². The van der Waals surface area contributed by atoms with Crippen molar-refractivity contribution in [1.82, 2.24) is 5.32 Å². The first-order chi connectivity index (χ1) is 6.67. The maximum absolute atomic E-state index is 11.1. The molecule has 14 heavy (non-hydrogen) atoms. The van der Waals surface area contributed by atoms with E-state index >= 15 is 0 Å². The van der Waals surface area contributed by atoms with Crippen molar-refractivity contribution >= 4 is 11.9 Å². The van der Waals surface area contributed by atoms with Crippen LogP contribution in [-0.2, 0) is 19.1 Å². The molecule has 80 valence electrons. The second-order valence-electron chi connectivity index (χ2n) is 3.19. The maximum Gasteiger partial charge on any atom is 0.323 e. The Morgan fingerprint density at radius 1 is 1.50 bits per heavy atom. The molecule has 1 rings (SSSR count). The quantitative estimate of drug-likeness (QED) is 0.643. The van der Waals surface area contributed by atoms with E-state index in [2.05, 4.69) is 10.1 Å². The van der Waals surface area contributed by atoms with Crippen molar-refractivity contribution in [2.45, 2.75) is 31.9 Å². The van der Waals surface area contributed by atoms with Gasteiger partial charge in [-0.05, 0) is 0 Å². The zero-order valence-corrected chi connectivity index (χ0v) is 8.41. The van der Waals surface area contributed by atoms with Crippen molar-refractivity contribution in [3.63, 3.8) is 0 Å². The zero-order valence-electron chi connectivity index (χ0n) is 8.41. The Morgan fingerprint density at radius 2 is 2.21 bits per heavy atom. The molecule has 1 heterocycles. The molecule has 1 N–H and O–H groups in total. The molecular weight excluding hydrogens is 186 g/mol. The first-order valence-electron chi connectivity index (χ1n) is 4.68. The molecular formula is C9H15NO4. The van der Waals surface area contributed by atoms with Gasteiger partial charge < -0.3 is 14.8 Å². The third-order valence-corrected chi connectivity index (χ3v) is 2.16. The van der Waals surface area contributed by atoms with Gasteiger partial charge in [-0.15, -0.1) is 0 Å². The summed E-state index contributed by atoms with van der Waals surface area (Å²) in [6.45, 7) is 2.26. The van der Waals surface area contributed by atoms with Crippen molar-refractivity contribution in [2.75, 3.05) is 13.7 Å². The Morgan fingerprint density at radius 3 is 2.79 bits per heavy atom. The van der Waals surface area contributed by atoms with Gasteiger partial charge in [-0.3, -0.25) is 9.59 Å². The number of nitrogens with one attached hydrogen (secondary N) is 1. The van der Waals surface area contributed by atoms with Crippen LogP contribution in [0, 0.1) is 0 Å². The van der Waals surface area contributed by atoms with Crippen LogP contribution in [0.4, 0.5) is 0 Å². The van der Waals surface area contributed by atoms with Gasteiger partial charge in [-0.2, -0.15) is 0 Å². The predicted molar refractivity (Wildman–Crippen MR) is 48.6 cm³/mol. The van der Waals surface area contributed by atoms with Crippen LogP contribution in [0.25, 0.3) is 0 Å². The van der Waals surface area contributed by atoms with E-state index < -0.39 is 0 Å². The Kier molecular flexibility index (Phi) is 3.88. The van der Waals surface area contributed by atoms with Gasteiger partial charge in [0.2, 0.25) is 0 Å². The highest BCUT2D eigenvalue weighted by Gasteiger charge is 2.31. The van der Waals surface area contributed by atoms with Crippen LogP contribution in [0.15, 0.2) is 0 Å². The van der Waals surface area contributed by atoms with Gasteiger partial charge in [-0.25, -0.2) is 0 Å². The summed E-state index contributed by atoms with van der Waals surface area (Å²) in [5, 5.41) is 2.94. The number of methoxy groups -OCH3 is 1. The fourth-order valence-corrected chi connectivity index (χ4v) is 1.38. The van der Waals surface area contributed by atoms with Gasteiger partial charge in [0.1, 0.15) is 12.1 Å². The first kappa shape index (κ1) is 11.0. The summed E-state index contributed by atoms with van der Waals surface area (Å²) < 4.78 is 9.65. The fraction of sp³-hybridized carbons (Fsp3) is 0.778. The van der Waals surface area contributed by atoms with E-state index in [1.165, 1.54) is 7.11 Å². The van der Waals surface area contributed by atoms with Crippen LogP contribution >= 0.6 is 0 Å². The molecule has 0 bridgehead atoms. The Bertz CT molecular complexity index is 229. The largest absolute Gasteiger partial charge is 0.468 e. The number of hydrogen-bond donors (Lipinski definition) is 1. The molecule has 1 saturated heterocycles. The lowest BCUT2D eigenvalue weighted by Gasteiger charge is -2.09. The lowest BCUT2D eigenvalue weighted by molar-refractivity contribution is -0.149. The topological polar surface area (TPSA) is 64.6 Å². The average molecular weight is 201 g/mol. The van der Waals surface area contributed by atoms with Gasteiger partial charge >= 0.3 is 11.9 Å². The molecule has 0 aromatic heterocycles. The maximum atomic E-state index is 11.1. The molecule has 0 amide bonds. The second-order valence-corrected chi connectivity index (χ2v) is 3.19. The SMILES string of the molecule is CCC(=O)O[C@@H]1CN[C@H](C(=O)OC)C1. The molecule has 0 aliphatic carbocycles. The van der Waals surface area contributed by atoms with E-state index in [4.69, 9.17) is 4.74 Å². The number of carbonyl (C=O) groups excluding carboxylic acids is 2. The van der Waals surface area contributed by atoms with Crippen molar-refractivity contribution in [3.05, 3.63) is 0 Å². The molecule has 5 nitrogen and oxygen atoms in total. The first-order valence-corrected chi connectivity index (χ1v) is 4.68. The van der Waals surface area contributed by atoms with Crippen molar-refractivity contribution in [1.29, 1.82) is 0 Å². The highest BCUT2D eigenvalue weighted by molar-refractivity contribution is 5.76. The molecule has 0 aromatic rings. The molecule has 0 radical (unpaired) electrons. The molecule has 1 fully saturated rings. The standard InChI is InChI=1S/C9H15NO4/c1-3-8(11)14-6-4-7(10-5-6)9(12)13-2/h6-7,10H,3-5H2,1-2H3/t6-,7-/m0/s1. The number of rotatable bonds is 3. The summed E-state index contributed by atoms with van der Waals surface area (Å²) in [5.41, 5.74) is 0. The molecule has 0 saturated carbocycles. The van der Waals surface area contributed by atoms with Gasteiger partial charge in [0, 0.05) is 19.4 Å².